The largest absolute Gasteiger partial charge is 0.338 e. The summed E-state index contributed by atoms with van der Waals surface area (Å²) in [6.45, 7) is 9.63. The predicted molar refractivity (Wildman–Crippen MR) is 97.3 cm³/mol. The zero-order valence-corrected chi connectivity index (χ0v) is 15.4. The van der Waals surface area contributed by atoms with E-state index in [4.69, 9.17) is 0 Å². The maximum Gasteiger partial charge on any atom is 0.321 e. The van der Waals surface area contributed by atoms with Gasteiger partial charge in [-0.25, -0.2) is 4.79 Å². The van der Waals surface area contributed by atoms with Crippen molar-refractivity contribution in [2.45, 2.75) is 20.3 Å². The second-order valence-corrected chi connectivity index (χ2v) is 7.63. The third-order valence-corrected chi connectivity index (χ3v) is 4.95. The maximum atomic E-state index is 11.9. The van der Waals surface area contributed by atoms with E-state index < -0.39 is 6.03 Å². The van der Waals surface area contributed by atoms with Crippen LogP contribution in [-0.2, 0) is 11.2 Å². The van der Waals surface area contributed by atoms with Crippen molar-refractivity contribution in [3.05, 3.63) is 22.4 Å². The lowest BCUT2D eigenvalue weighted by Crippen LogP contribution is -2.51. The Bertz CT molecular complexity index is 511. The first-order valence-corrected chi connectivity index (χ1v) is 9.45. The molecule has 0 aromatic carbocycles. The highest BCUT2D eigenvalue weighted by molar-refractivity contribution is 7.09. The molecule has 24 heavy (non-hydrogen) atoms. The van der Waals surface area contributed by atoms with Crippen LogP contribution in [0.1, 0.15) is 18.7 Å². The van der Waals surface area contributed by atoms with Crippen LogP contribution in [0.4, 0.5) is 4.79 Å². The molecule has 0 aliphatic carbocycles. The van der Waals surface area contributed by atoms with Crippen LogP contribution in [0.2, 0.25) is 0 Å². The molecule has 1 aliphatic rings. The van der Waals surface area contributed by atoms with Gasteiger partial charge in [0, 0.05) is 44.1 Å². The molecule has 0 spiro atoms. The molecule has 1 aromatic heterocycles. The quantitative estimate of drug-likeness (QED) is 0.778. The Morgan fingerprint density at radius 2 is 1.92 bits per heavy atom. The van der Waals surface area contributed by atoms with Crippen molar-refractivity contribution in [2.24, 2.45) is 5.92 Å². The number of rotatable bonds is 7. The number of imide groups is 1. The van der Waals surface area contributed by atoms with Gasteiger partial charge in [0.15, 0.2) is 0 Å². The van der Waals surface area contributed by atoms with Gasteiger partial charge in [-0.05, 0) is 23.8 Å². The summed E-state index contributed by atoms with van der Waals surface area (Å²) in [6, 6.07) is 3.87. The first kappa shape index (κ1) is 18.9. The number of hydrogen-bond acceptors (Lipinski definition) is 5. The van der Waals surface area contributed by atoms with E-state index in [-0.39, 0.29) is 12.5 Å². The molecule has 0 unspecified atom stereocenters. The standard InChI is InChI=1S/C17H28N4O2S/c1-14(2)12-18-17(23)19-16(22)13-21-9-7-20(8-10-21)6-5-15-4-3-11-24-15/h3-4,11,14H,5-10,12-13H2,1-2H3,(H2,18,19,22,23). The Labute approximate surface area is 148 Å². The first-order valence-electron chi connectivity index (χ1n) is 8.57. The summed E-state index contributed by atoms with van der Waals surface area (Å²) in [7, 11) is 0. The Morgan fingerprint density at radius 3 is 2.54 bits per heavy atom. The van der Waals surface area contributed by atoms with Crippen molar-refractivity contribution >= 4 is 23.3 Å². The molecule has 6 nitrogen and oxygen atoms in total. The molecule has 0 radical (unpaired) electrons. The van der Waals surface area contributed by atoms with Gasteiger partial charge in [-0.15, -0.1) is 11.3 Å². The fraction of sp³-hybridized carbons (Fsp3) is 0.647. The van der Waals surface area contributed by atoms with Crippen molar-refractivity contribution in [2.75, 3.05) is 45.8 Å². The summed E-state index contributed by atoms with van der Waals surface area (Å²) in [5.74, 6) is 0.136. The molecule has 2 rings (SSSR count). The second kappa shape index (κ2) is 9.76. The Hall–Kier alpha value is -1.44. The van der Waals surface area contributed by atoms with Crippen LogP contribution in [-0.4, -0.2) is 67.6 Å². The highest BCUT2D eigenvalue weighted by Gasteiger charge is 2.19. The van der Waals surface area contributed by atoms with Crippen molar-refractivity contribution in [3.8, 4) is 0 Å². The van der Waals surface area contributed by atoms with E-state index in [0.717, 1.165) is 39.1 Å². The van der Waals surface area contributed by atoms with Gasteiger partial charge in [0.25, 0.3) is 0 Å². The van der Waals surface area contributed by atoms with Crippen molar-refractivity contribution in [1.29, 1.82) is 0 Å². The van der Waals surface area contributed by atoms with Gasteiger partial charge < -0.3 is 10.2 Å². The van der Waals surface area contributed by atoms with Crippen LogP contribution in [0.5, 0.6) is 0 Å². The number of nitrogens with one attached hydrogen (secondary N) is 2. The van der Waals surface area contributed by atoms with Crippen molar-refractivity contribution < 1.29 is 9.59 Å². The van der Waals surface area contributed by atoms with Crippen LogP contribution in [0.15, 0.2) is 17.5 Å². The molecule has 1 saturated heterocycles. The number of hydrogen-bond donors (Lipinski definition) is 2. The lowest BCUT2D eigenvalue weighted by atomic mass is 10.2. The number of piperazine rings is 1. The summed E-state index contributed by atoms with van der Waals surface area (Å²) < 4.78 is 0. The van der Waals surface area contributed by atoms with Gasteiger partial charge >= 0.3 is 6.03 Å². The number of thiophene rings is 1. The summed E-state index contributed by atoms with van der Waals surface area (Å²) in [6.07, 6.45) is 1.09. The van der Waals surface area contributed by atoms with Gasteiger partial charge in [0.2, 0.25) is 5.91 Å². The van der Waals surface area contributed by atoms with Gasteiger partial charge in [-0.2, -0.15) is 0 Å². The van der Waals surface area contributed by atoms with Gasteiger partial charge in [0.05, 0.1) is 6.54 Å². The van der Waals surface area contributed by atoms with E-state index in [2.05, 4.69) is 37.9 Å². The molecule has 1 aromatic rings. The number of carbonyl (C=O) groups is 2. The van der Waals surface area contributed by atoms with E-state index in [9.17, 15) is 9.59 Å². The fourth-order valence-electron chi connectivity index (χ4n) is 2.60. The molecule has 1 fully saturated rings. The second-order valence-electron chi connectivity index (χ2n) is 6.60. The Morgan fingerprint density at radius 1 is 1.21 bits per heavy atom. The molecule has 1 aliphatic heterocycles. The molecule has 3 amide bonds. The lowest BCUT2D eigenvalue weighted by Gasteiger charge is -2.34. The van der Waals surface area contributed by atoms with Crippen LogP contribution in [0, 0.1) is 5.92 Å². The normalized spacial score (nSPS) is 16.3. The minimum Gasteiger partial charge on any atom is -0.338 e. The maximum absolute atomic E-state index is 11.9. The average Bonchev–Trinajstić information content (AvgIpc) is 3.05. The zero-order chi connectivity index (χ0) is 17.4. The molecule has 2 N–H and O–H groups in total. The average molecular weight is 353 g/mol. The zero-order valence-electron chi connectivity index (χ0n) is 14.6. The lowest BCUT2D eigenvalue weighted by molar-refractivity contribution is -0.121. The van der Waals surface area contributed by atoms with E-state index in [0.29, 0.717) is 12.5 Å². The molecule has 134 valence electrons. The molecular weight excluding hydrogens is 324 g/mol. The SMILES string of the molecule is CC(C)CNC(=O)NC(=O)CN1CCN(CCc2cccs2)CC1. The summed E-state index contributed by atoms with van der Waals surface area (Å²) in [4.78, 5) is 29.4. The van der Waals surface area contributed by atoms with Gasteiger partial charge in [-0.3, -0.25) is 15.0 Å². The third kappa shape index (κ3) is 6.98. The molecule has 0 saturated carbocycles. The smallest absolute Gasteiger partial charge is 0.321 e. The minimum atomic E-state index is -0.400. The van der Waals surface area contributed by atoms with Gasteiger partial charge in [0.1, 0.15) is 0 Å². The molecule has 2 heterocycles. The summed E-state index contributed by atoms with van der Waals surface area (Å²) >= 11 is 1.80. The number of nitrogens with zero attached hydrogens (tertiary/aromatic N) is 2. The number of amides is 3. The minimum absolute atomic E-state index is 0.233. The summed E-state index contributed by atoms with van der Waals surface area (Å²) in [5.41, 5.74) is 0. The highest BCUT2D eigenvalue weighted by Crippen LogP contribution is 2.10. The van der Waals surface area contributed by atoms with E-state index in [1.54, 1.807) is 11.3 Å². The monoisotopic (exact) mass is 352 g/mol. The van der Waals surface area contributed by atoms with Crippen molar-refractivity contribution in [3.63, 3.8) is 0 Å². The summed E-state index contributed by atoms with van der Waals surface area (Å²) in [5, 5.41) is 7.20. The molecular formula is C17H28N4O2S. The topological polar surface area (TPSA) is 64.7 Å². The van der Waals surface area contributed by atoms with Crippen LogP contribution in [0.25, 0.3) is 0 Å². The van der Waals surface area contributed by atoms with Crippen LogP contribution in [0.3, 0.4) is 0 Å². The first-order chi connectivity index (χ1) is 11.5. The van der Waals surface area contributed by atoms with Crippen LogP contribution < -0.4 is 10.6 Å². The highest BCUT2D eigenvalue weighted by atomic mass is 32.1. The van der Waals surface area contributed by atoms with Gasteiger partial charge in [-0.1, -0.05) is 19.9 Å². The van der Waals surface area contributed by atoms with E-state index in [1.165, 1.54) is 4.88 Å². The molecule has 0 atom stereocenters. The van der Waals surface area contributed by atoms with Crippen LogP contribution >= 0.6 is 11.3 Å². The third-order valence-electron chi connectivity index (χ3n) is 4.01. The Kier molecular flexibility index (Phi) is 7.68. The van der Waals surface area contributed by atoms with E-state index >= 15 is 0 Å². The fourth-order valence-corrected chi connectivity index (χ4v) is 3.30. The van der Waals surface area contributed by atoms with Crippen molar-refractivity contribution in [1.82, 2.24) is 20.4 Å². The van der Waals surface area contributed by atoms with E-state index in [1.807, 2.05) is 13.8 Å². The molecule has 0 bridgehead atoms. The predicted octanol–water partition coefficient (Wildman–Crippen LogP) is 1.39. The number of carbonyl (C=O) groups excluding carboxylic acids is 2. The Balaban J connectivity index is 1.60. The molecule has 7 heteroatoms. The number of urea groups is 1.